The Hall–Kier alpha value is -4.99. The number of hydrogen-bond acceptors (Lipinski definition) is 5. The normalized spacial score (nSPS) is 16.1. The predicted octanol–water partition coefficient (Wildman–Crippen LogP) is 6.00. The molecule has 0 radical (unpaired) electrons. The van der Waals surface area contributed by atoms with Gasteiger partial charge >= 0.3 is 18.3 Å². The molecule has 1 aliphatic rings. The molecule has 0 aliphatic carbocycles. The van der Waals surface area contributed by atoms with Gasteiger partial charge in [-0.2, -0.15) is 26.3 Å². The van der Waals surface area contributed by atoms with Gasteiger partial charge in [-0.25, -0.2) is 13.6 Å². The Kier molecular flexibility index (Phi) is 9.47. The quantitative estimate of drug-likeness (QED) is 0.230. The van der Waals surface area contributed by atoms with Crippen molar-refractivity contribution >= 4 is 28.3 Å². The third-order valence-electron chi connectivity index (χ3n) is 8.38. The number of anilines is 1. The molecule has 3 aromatic carbocycles. The Morgan fingerprint density at radius 3 is 2.24 bits per heavy atom. The largest absolute Gasteiger partial charge is 0.480 e. The van der Waals surface area contributed by atoms with E-state index in [4.69, 9.17) is 4.74 Å². The van der Waals surface area contributed by atoms with Crippen LogP contribution in [-0.2, 0) is 29.2 Å². The standard InChI is InChI=1S/C33H27F8N3O5/c1-16-11-22(32(36,37)38)27(30(46)43(16)2)21-8-4-6-19-17(5-3-7-20(19)21)12-25(31(47)48)42-29(45)28-23(34)13-18(14-24(28)35)44-9-10-49-15-26(44)33(39,40)41/h3-8,11,13-14,25-26H,9-10,12,15H2,1-2H3,(H,42,45)(H,47,48)/t25-,26+/m0/s1. The molecule has 0 unspecified atom stereocenters. The lowest BCUT2D eigenvalue weighted by atomic mass is 9.91. The summed E-state index contributed by atoms with van der Waals surface area (Å²) in [6, 6.07) is 6.32. The molecular formula is C33H27F8N3O5. The van der Waals surface area contributed by atoms with Crippen LogP contribution in [0.4, 0.5) is 40.8 Å². The van der Waals surface area contributed by atoms with Gasteiger partial charge < -0.3 is 24.6 Å². The van der Waals surface area contributed by atoms with E-state index in [1.807, 2.05) is 5.32 Å². The number of morpholine rings is 1. The van der Waals surface area contributed by atoms with Crippen LogP contribution in [-0.4, -0.2) is 59.6 Å². The van der Waals surface area contributed by atoms with E-state index in [9.17, 15) is 45.8 Å². The van der Waals surface area contributed by atoms with E-state index in [1.165, 1.54) is 50.4 Å². The second kappa shape index (κ2) is 13.1. The minimum atomic E-state index is -4.89. The molecule has 8 nitrogen and oxygen atoms in total. The van der Waals surface area contributed by atoms with Crippen molar-refractivity contribution in [3.8, 4) is 11.1 Å². The number of hydrogen-bond donors (Lipinski definition) is 2. The zero-order valence-corrected chi connectivity index (χ0v) is 25.7. The fourth-order valence-corrected chi connectivity index (χ4v) is 5.85. The molecule has 1 aliphatic heterocycles. The summed E-state index contributed by atoms with van der Waals surface area (Å²) in [4.78, 5) is 39.1. The Balaban J connectivity index is 1.48. The number of aliphatic carboxylic acids is 1. The lowest BCUT2D eigenvalue weighted by Crippen LogP contribution is -2.53. The first kappa shape index (κ1) is 35.3. The van der Waals surface area contributed by atoms with Crippen molar-refractivity contribution in [1.29, 1.82) is 0 Å². The van der Waals surface area contributed by atoms with Gasteiger partial charge in [0.05, 0.1) is 24.3 Å². The van der Waals surface area contributed by atoms with E-state index in [0.717, 1.165) is 10.6 Å². The number of aryl methyl sites for hydroxylation is 1. The second-order valence-corrected chi connectivity index (χ2v) is 11.4. The van der Waals surface area contributed by atoms with Crippen LogP contribution < -0.4 is 15.8 Å². The molecule has 2 heterocycles. The van der Waals surface area contributed by atoms with Gasteiger partial charge in [-0.3, -0.25) is 9.59 Å². The average Bonchev–Trinajstić information content (AvgIpc) is 3.02. The summed E-state index contributed by atoms with van der Waals surface area (Å²) < 4.78 is 119. The molecule has 260 valence electrons. The number of nitrogens with zero attached hydrogens (tertiary/aromatic N) is 2. The van der Waals surface area contributed by atoms with Gasteiger partial charge in [0.1, 0.15) is 29.3 Å². The number of pyridine rings is 1. The lowest BCUT2D eigenvalue weighted by molar-refractivity contribution is -0.167. The molecule has 0 bridgehead atoms. The van der Waals surface area contributed by atoms with E-state index >= 15 is 8.78 Å². The predicted molar refractivity (Wildman–Crippen MR) is 161 cm³/mol. The van der Waals surface area contributed by atoms with E-state index in [1.54, 1.807) is 0 Å². The lowest BCUT2D eigenvalue weighted by Gasteiger charge is -2.38. The van der Waals surface area contributed by atoms with Crippen LogP contribution in [0.1, 0.15) is 27.2 Å². The number of fused-ring (bicyclic) bond motifs is 1. The molecule has 1 fully saturated rings. The SMILES string of the molecule is Cc1cc(C(F)(F)F)c(-c2cccc3c(C[C@H](NC(=O)c4c(F)cc(N5CCOC[C@@H]5C(F)(F)F)cc4F)C(=O)O)cccc23)c(=O)n1C. The molecule has 1 saturated heterocycles. The number of carbonyl (C=O) groups is 2. The van der Waals surface area contributed by atoms with Crippen LogP contribution in [0.2, 0.25) is 0 Å². The number of aromatic nitrogens is 1. The van der Waals surface area contributed by atoms with Crippen molar-refractivity contribution in [2.45, 2.75) is 37.8 Å². The molecule has 2 N–H and O–H groups in total. The number of carboxylic acid groups (broad SMARTS) is 1. The summed E-state index contributed by atoms with van der Waals surface area (Å²) in [5, 5.41) is 12.3. The first-order valence-electron chi connectivity index (χ1n) is 14.6. The summed E-state index contributed by atoms with van der Waals surface area (Å²) in [5.41, 5.74) is -4.27. The number of benzene rings is 3. The van der Waals surface area contributed by atoms with E-state index < -0.39 is 88.9 Å². The maximum atomic E-state index is 15.1. The average molecular weight is 698 g/mol. The first-order valence-corrected chi connectivity index (χ1v) is 14.6. The van der Waals surface area contributed by atoms with Gasteiger partial charge in [0.25, 0.3) is 11.5 Å². The minimum Gasteiger partial charge on any atom is -0.480 e. The van der Waals surface area contributed by atoms with E-state index in [0.29, 0.717) is 17.0 Å². The molecule has 2 atom stereocenters. The molecule has 49 heavy (non-hydrogen) atoms. The van der Waals surface area contributed by atoms with Crippen LogP contribution in [0, 0.1) is 18.6 Å². The summed E-state index contributed by atoms with van der Waals surface area (Å²) in [7, 11) is 1.32. The Morgan fingerprint density at radius 2 is 1.63 bits per heavy atom. The van der Waals surface area contributed by atoms with Crippen molar-refractivity contribution in [3.05, 3.63) is 99.0 Å². The number of rotatable bonds is 7. The number of alkyl halides is 6. The molecule has 1 amide bonds. The van der Waals surface area contributed by atoms with Crippen LogP contribution in [0.5, 0.6) is 0 Å². The van der Waals surface area contributed by atoms with Crippen molar-refractivity contribution < 1.29 is 54.6 Å². The fourth-order valence-electron chi connectivity index (χ4n) is 5.85. The third-order valence-corrected chi connectivity index (χ3v) is 8.38. The summed E-state index contributed by atoms with van der Waals surface area (Å²) in [5.74, 6) is -6.23. The Morgan fingerprint density at radius 1 is 1.00 bits per heavy atom. The van der Waals surface area contributed by atoms with Crippen molar-refractivity contribution in [2.24, 2.45) is 7.05 Å². The maximum Gasteiger partial charge on any atom is 0.417 e. The highest BCUT2D eigenvalue weighted by molar-refractivity contribution is 6.00. The highest BCUT2D eigenvalue weighted by atomic mass is 19.4. The topological polar surface area (TPSA) is 101 Å². The first-order chi connectivity index (χ1) is 22.9. The summed E-state index contributed by atoms with van der Waals surface area (Å²) in [6.07, 6.45) is -10.2. The monoisotopic (exact) mass is 697 g/mol. The summed E-state index contributed by atoms with van der Waals surface area (Å²) in [6.45, 7) is 0.0646. The van der Waals surface area contributed by atoms with Crippen LogP contribution in [0.25, 0.3) is 21.9 Å². The number of ether oxygens (including phenoxy) is 1. The molecule has 1 aromatic heterocycles. The number of amides is 1. The molecular weight excluding hydrogens is 670 g/mol. The zero-order chi connectivity index (χ0) is 36.0. The molecule has 0 spiro atoms. The zero-order valence-electron chi connectivity index (χ0n) is 25.7. The molecule has 0 saturated carbocycles. The van der Waals surface area contributed by atoms with Crippen molar-refractivity contribution in [1.82, 2.24) is 9.88 Å². The van der Waals surface area contributed by atoms with Gasteiger partial charge in [-0.05, 0) is 47.0 Å². The van der Waals surface area contributed by atoms with E-state index in [-0.39, 0.29) is 40.7 Å². The van der Waals surface area contributed by atoms with Gasteiger partial charge in [-0.1, -0.05) is 36.4 Å². The Labute approximate surface area is 272 Å². The second-order valence-electron chi connectivity index (χ2n) is 11.4. The van der Waals surface area contributed by atoms with Gasteiger partial charge in [0.2, 0.25) is 0 Å². The van der Waals surface area contributed by atoms with Gasteiger partial charge in [0.15, 0.2) is 0 Å². The fraction of sp³-hybridized carbons (Fsp3) is 0.303. The molecule has 4 aromatic rings. The van der Waals surface area contributed by atoms with Crippen LogP contribution >= 0.6 is 0 Å². The van der Waals surface area contributed by atoms with E-state index in [2.05, 4.69) is 0 Å². The maximum absolute atomic E-state index is 15.1. The smallest absolute Gasteiger partial charge is 0.417 e. The highest BCUT2D eigenvalue weighted by Crippen LogP contribution is 2.39. The van der Waals surface area contributed by atoms with Crippen molar-refractivity contribution in [2.75, 3.05) is 24.7 Å². The third kappa shape index (κ3) is 6.95. The van der Waals surface area contributed by atoms with Crippen LogP contribution in [0.3, 0.4) is 0 Å². The number of carboxylic acids is 1. The molecule has 5 rings (SSSR count). The van der Waals surface area contributed by atoms with Gasteiger partial charge in [0, 0.05) is 31.4 Å². The van der Waals surface area contributed by atoms with Gasteiger partial charge in [-0.15, -0.1) is 0 Å². The summed E-state index contributed by atoms with van der Waals surface area (Å²) >= 11 is 0. The highest BCUT2D eigenvalue weighted by Gasteiger charge is 2.46. The number of nitrogens with one attached hydrogen (secondary N) is 1. The minimum absolute atomic E-state index is 0.0659. The van der Waals surface area contributed by atoms with Crippen LogP contribution in [0.15, 0.2) is 59.4 Å². The number of halogens is 8. The molecule has 16 heteroatoms. The van der Waals surface area contributed by atoms with Crippen molar-refractivity contribution in [3.63, 3.8) is 0 Å². The Bertz CT molecular complexity index is 1980. The number of carbonyl (C=O) groups excluding carboxylic acids is 1.